The van der Waals surface area contributed by atoms with Crippen molar-refractivity contribution in [1.82, 2.24) is 0 Å². The van der Waals surface area contributed by atoms with Gasteiger partial charge in [0.2, 0.25) is 0 Å². The van der Waals surface area contributed by atoms with Crippen molar-refractivity contribution < 1.29 is 34.2 Å². The first-order valence-electron chi connectivity index (χ1n) is 17.2. The van der Waals surface area contributed by atoms with Gasteiger partial charge in [0.1, 0.15) is 0 Å². The molecule has 0 heterocycles. The van der Waals surface area contributed by atoms with Crippen molar-refractivity contribution in [2.24, 2.45) is 17.8 Å². The van der Waals surface area contributed by atoms with Crippen molar-refractivity contribution in [3.8, 4) is 0 Å². The van der Waals surface area contributed by atoms with Gasteiger partial charge in [0.15, 0.2) is 0 Å². The Morgan fingerprint density at radius 3 is 1.14 bits per heavy atom. The molecule has 246 valence electrons. The summed E-state index contributed by atoms with van der Waals surface area (Å²) in [4.78, 5) is 34.5. The van der Waals surface area contributed by atoms with Crippen molar-refractivity contribution in [3.63, 3.8) is 0 Å². The van der Waals surface area contributed by atoms with Crippen molar-refractivity contribution in [2.75, 3.05) is 26.2 Å². The molecule has 0 aromatic carbocycles. The minimum absolute atomic E-state index is 0.481. The molecule has 42 heavy (non-hydrogen) atoms. The van der Waals surface area contributed by atoms with E-state index in [1.807, 2.05) is 0 Å². The van der Waals surface area contributed by atoms with Crippen molar-refractivity contribution in [1.29, 1.82) is 0 Å². The average Bonchev–Trinajstić information content (AvgIpc) is 2.96. The Hall–Kier alpha value is -1.89. The van der Waals surface area contributed by atoms with E-state index in [4.69, 9.17) is 0 Å². The molecule has 7 heteroatoms. The van der Waals surface area contributed by atoms with Crippen LogP contribution in [0.15, 0.2) is 12.2 Å². The zero-order chi connectivity index (χ0) is 31.6. The lowest BCUT2D eigenvalue weighted by Crippen LogP contribution is -2.52. The molecule has 0 aliphatic heterocycles. The first-order valence-corrected chi connectivity index (χ1v) is 17.2. The number of rotatable bonds is 30. The van der Waals surface area contributed by atoms with Gasteiger partial charge in [-0.1, -0.05) is 104 Å². The number of carbonyl (C=O) groups is 3. The maximum atomic E-state index is 11.5. The predicted octanol–water partition coefficient (Wildman–Crippen LogP) is 8.95. The van der Waals surface area contributed by atoms with Crippen LogP contribution < -0.4 is 0 Å². The highest BCUT2D eigenvalue weighted by Gasteiger charge is 2.31. The summed E-state index contributed by atoms with van der Waals surface area (Å²) in [5.74, 6) is -3.92. The maximum Gasteiger partial charge on any atom is 0.306 e. The summed E-state index contributed by atoms with van der Waals surface area (Å²) in [6.07, 6.45) is 26.4. The summed E-state index contributed by atoms with van der Waals surface area (Å²) >= 11 is 0. The molecular formula is C35H66NO6+. The lowest BCUT2D eigenvalue weighted by atomic mass is 10.0. The van der Waals surface area contributed by atoms with Crippen molar-refractivity contribution >= 4 is 17.9 Å². The van der Waals surface area contributed by atoms with E-state index in [2.05, 4.69) is 19.1 Å². The highest BCUT2D eigenvalue weighted by molar-refractivity contribution is 5.70. The molecule has 0 aliphatic rings. The number of hydrogen-bond acceptors (Lipinski definition) is 3. The van der Waals surface area contributed by atoms with Crippen LogP contribution in [-0.4, -0.2) is 63.9 Å². The van der Waals surface area contributed by atoms with Gasteiger partial charge in [-0.25, -0.2) is 0 Å². The van der Waals surface area contributed by atoms with Gasteiger partial charge in [-0.05, 0) is 38.5 Å². The van der Waals surface area contributed by atoms with Gasteiger partial charge >= 0.3 is 17.9 Å². The summed E-state index contributed by atoms with van der Waals surface area (Å²) in [6, 6.07) is 0. The van der Waals surface area contributed by atoms with Gasteiger partial charge < -0.3 is 19.8 Å². The SMILES string of the molecule is CCCCCCCCCC/C=C/CCCCCCCC[N+](CCC(C)C(=O)O)(CCC(C)C(=O)O)CCC(C)C(=O)O. The molecular weight excluding hydrogens is 530 g/mol. The molecule has 0 saturated carbocycles. The molecule has 0 radical (unpaired) electrons. The van der Waals surface area contributed by atoms with E-state index in [0.717, 1.165) is 32.2 Å². The number of carboxylic acids is 3. The fraction of sp³-hybridized carbons (Fsp3) is 0.857. The third kappa shape index (κ3) is 21.8. The molecule has 7 nitrogen and oxygen atoms in total. The van der Waals surface area contributed by atoms with Crippen LogP contribution in [0.25, 0.3) is 0 Å². The number of nitrogens with zero attached hydrogens (tertiary/aromatic N) is 1. The average molecular weight is 597 g/mol. The molecule has 0 saturated heterocycles. The third-order valence-electron chi connectivity index (χ3n) is 9.02. The molecule has 0 aromatic rings. The Labute approximate surface area is 257 Å². The van der Waals surface area contributed by atoms with Crippen LogP contribution >= 0.6 is 0 Å². The maximum absolute atomic E-state index is 11.5. The summed E-state index contributed by atoms with van der Waals surface area (Å²) in [6.45, 7) is 10.1. The highest BCUT2D eigenvalue weighted by Crippen LogP contribution is 2.22. The number of allylic oxidation sites excluding steroid dienone is 2. The van der Waals surface area contributed by atoms with Crippen molar-refractivity contribution in [3.05, 3.63) is 12.2 Å². The van der Waals surface area contributed by atoms with Gasteiger partial charge in [0.25, 0.3) is 0 Å². The van der Waals surface area contributed by atoms with Gasteiger partial charge in [0, 0.05) is 19.3 Å². The predicted molar refractivity (Wildman–Crippen MR) is 173 cm³/mol. The minimum atomic E-state index is -0.825. The van der Waals surface area contributed by atoms with E-state index in [1.54, 1.807) is 20.8 Å². The Balaban J connectivity index is 4.55. The normalized spacial score (nSPS) is 15.3. The highest BCUT2D eigenvalue weighted by atomic mass is 16.4. The lowest BCUT2D eigenvalue weighted by molar-refractivity contribution is -0.929. The Kier molecular flexibility index (Phi) is 24.4. The van der Waals surface area contributed by atoms with E-state index in [9.17, 15) is 29.7 Å². The minimum Gasteiger partial charge on any atom is -0.481 e. The molecule has 0 bridgehead atoms. The fourth-order valence-corrected chi connectivity index (χ4v) is 5.49. The van der Waals surface area contributed by atoms with Crippen LogP contribution in [0, 0.1) is 17.8 Å². The fourth-order valence-electron chi connectivity index (χ4n) is 5.49. The first kappa shape index (κ1) is 40.1. The third-order valence-corrected chi connectivity index (χ3v) is 9.02. The van der Waals surface area contributed by atoms with Crippen LogP contribution in [-0.2, 0) is 14.4 Å². The second-order valence-corrected chi connectivity index (χ2v) is 13.0. The zero-order valence-corrected chi connectivity index (χ0v) is 27.7. The molecule has 0 spiro atoms. The number of quaternary nitrogens is 1. The topological polar surface area (TPSA) is 112 Å². The summed E-state index contributed by atoms with van der Waals surface area (Å²) < 4.78 is 0.608. The molecule has 0 rings (SSSR count). The molecule has 3 atom stereocenters. The van der Waals surface area contributed by atoms with E-state index >= 15 is 0 Å². The number of unbranched alkanes of at least 4 members (excludes halogenated alkanes) is 14. The summed E-state index contributed by atoms with van der Waals surface area (Å²) in [7, 11) is 0. The van der Waals surface area contributed by atoms with E-state index in [-0.39, 0.29) is 0 Å². The Bertz CT molecular complexity index is 677. The number of carboxylic acid groups (broad SMARTS) is 3. The smallest absolute Gasteiger partial charge is 0.306 e. The quantitative estimate of drug-likeness (QED) is 0.0433. The molecule has 3 N–H and O–H groups in total. The van der Waals surface area contributed by atoms with Crippen LogP contribution in [0.3, 0.4) is 0 Å². The monoisotopic (exact) mass is 596 g/mol. The van der Waals surface area contributed by atoms with E-state index in [0.29, 0.717) is 43.4 Å². The van der Waals surface area contributed by atoms with Gasteiger partial charge in [-0.15, -0.1) is 0 Å². The summed E-state index contributed by atoms with van der Waals surface area (Å²) in [5.41, 5.74) is 0. The van der Waals surface area contributed by atoms with Gasteiger partial charge in [-0.3, -0.25) is 14.4 Å². The molecule has 0 fully saturated rings. The van der Waals surface area contributed by atoms with Crippen molar-refractivity contribution in [2.45, 2.75) is 150 Å². The second-order valence-electron chi connectivity index (χ2n) is 13.0. The zero-order valence-electron chi connectivity index (χ0n) is 27.7. The summed E-state index contributed by atoms with van der Waals surface area (Å²) in [5, 5.41) is 28.3. The van der Waals surface area contributed by atoms with Crippen LogP contribution in [0.2, 0.25) is 0 Å². The molecule has 0 amide bonds. The van der Waals surface area contributed by atoms with Gasteiger partial charge in [-0.2, -0.15) is 0 Å². The van der Waals surface area contributed by atoms with Crippen LogP contribution in [0.5, 0.6) is 0 Å². The van der Waals surface area contributed by atoms with Crippen LogP contribution in [0.1, 0.15) is 150 Å². The van der Waals surface area contributed by atoms with E-state index in [1.165, 1.54) is 77.0 Å². The first-order chi connectivity index (χ1) is 20.0. The Morgan fingerprint density at radius 2 is 0.810 bits per heavy atom. The molecule has 0 aliphatic carbocycles. The second kappa shape index (κ2) is 25.6. The Morgan fingerprint density at radius 1 is 0.500 bits per heavy atom. The molecule has 0 aromatic heterocycles. The standard InChI is InChI=1S/C35H65NO6/c1-5-6-7-8-9-10-11-12-13-14-15-16-17-18-19-20-21-22-26-36(27-23-30(2)33(37)38,28-24-31(3)34(39)40)29-25-32(4)35(41)42/h14-15,30-32H,5-13,16-29H2,1-4H3,(H2-,37,38,39,40,41,42)/p+1/b15-14+. The number of hydrogen-bond donors (Lipinski definition) is 3. The number of aliphatic carboxylic acids is 3. The van der Waals surface area contributed by atoms with Gasteiger partial charge in [0.05, 0.1) is 43.9 Å². The van der Waals surface area contributed by atoms with E-state index < -0.39 is 35.7 Å². The lowest BCUT2D eigenvalue weighted by Gasteiger charge is -2.40. The van der Waals surface area contributed by atoms with Crippen LogP contribution in [0.4, 0.5) is 0 Å². The largest absolute Gasteiger partial charge is 0.481 e. The molecule has 3 unspecified atom stereocenters.